The van der Waals surface area contributed by atoms with Gasteiger partial charge in [0, 0.05) is 24.8 Å². The zero-order chi connectivity index (χ0) is 15.3. The average Bonchev–Trinajstić information content (AvgIpc) is 2.85. The quantitative estimate of drug-likeness (QED) is 0.762. The fraction of sp³-hybridized carbons (Fsp3) is 0.500. The van der Waals surface area contributed by atoms with E-state index in [4.69, 9.17) is 0 Å². The van der Waals surface area contributed by atoms with Gasteiger partial charge in [0.15, 0.2) is 0 Å². The second-order valence-corrected chi connectivity index (χ2v) is 7.74. The average molecular weight is 308 g/mol. The zero-order valence-electron chi connectivity index (χ0n) is 12.7. The molecule has 0 atom stereocenters. The standard InChI is InChI=1S/C16H24N2O2S/c1-14(2)9-13-21(19,20)17-10-5-11-18-12-8-15-6-3-4-7-16(15)18/h3-4,6-8,12,14,17H,5,9-11,13H2,1-2H3. The molecule has 0 amide bonds. The lowest BCUT2D eigenvalue weighted by molar-refractivity contribution is 0.555. The van der Waals surface area contributed by atoms with E-state index in [1.165, 1.54) is 10.9 Å². The minimum absolute atomic E-state index is 0.219. The summed E-state index contributed by atoms with van der Waals surface area (Å²) in [4.78, 5) is 0. The highest BCUT2D eigenvalue weighted by Crippen LogP contribution is 2.15. The lowest BCUT2D eigenvalue weighted by Crippen LogP contribution is -2.28. The number of hydrogen-bond acceptors (Lipinski definition) is 2. The van der Waals surface area contributed by atoms with Gasteiger partial charge in [0.05, 0.1) is 5.75 Å². The highest BCUT2D eigenvalue weighted by molar-refractivity contribution is 7.89. The van der Waals surface area contributed by atoms with Gasteiger partial charge in [-0.3, -0.25) is 0 Å². The summed E-state index contributed by atoms with van der Waals surface area (Å²) in [6.07, 6.45) is 3.55. The number of aromatic nitrogens is 1. The molecule has 0 spiro atoms. The third-order valence-electron chi connectivity index (χ3n) is 3.54. The summed E-state index contributed by atoms with van der Waals surface area (Å²) in [7, 11) is -3.12. The first-order valence-corrected chi connectivity index (χ1v) is 9.14. The number of rotatable bonds is 8. The van der Waals surface area contributed by atoms with Crippen LogP contribution >= 0.6 is 0 Å². The van der Waals surface area contributed by atoms with Gasteiger partial charge < -0.3 is 4.57 Å². The third-order valence-corrected chi connectivity index (χ3v) is 4.96. The highest BCUT2D eigenvalue weighted by atomic mass is 32.2. The van der Waals surface area contributed by atoms with Crippen LogP contribution in [0.15, 0.2) is 36.5 Å². The largest absolute Gasteiger partial charge is 0.347 e. The maximum Gasteiger partial charge on any atom is 0.211 e. The molecule has 116 valence electrons. The molecule has 0 unspecified atom stereocenters. The number of aryl methyl sites for hydroxylation is 1. The van der Waals surface area contributed by atoms with Crippen molar-refractivity contribution in [3.63, 3.8) is 0 Å². The van der Waals surface area contributed by atoms with Crippen LogP contribution in [0.2, 0.25) is 0 Å². The molecule has 4 nitrogen and oxygen atoms in total. The Morgan fingerprint density at radius 3 is 2.71 bits per heavy atom. The Kier molecular flexibility index (Phi) is 5.42. The second-order valence-electron chi connectivity index (χ2n) is 5.82. The zero-order valence-corrected chi connectivity index (χ0v) is 13.6. The molecular weight excluding hydrogens is 284 g/mol. The molecule has 0 aliphatic carbocycles. The Balaban J connectivity index is 1.79. The molecule has 0 radical (unpaired) electrons. The Morgan fingerprint density at radius 1 is 1.19 bits per heavy atom. The third kappa shape index (κ3) is 4.86. The normalized spacial score (nSPS) is 12.3. The van der Waals surface area contributed by atoms with E-state index in [1.807, 2.05) is 26.0 Å². The Bertz CT molecular complexity index is 674. The Hall–Kier alpha value is -1.33. The van der Waals surface area contributed by atoms with Gasteiger partial charge in [0.1, 0.15) is 0 Å². The number of nitrogens with zero attached hydrogens (tertiary/aromatic N) is 1. The van der Waals surface area contributed by atoms with Crippen LogP contribution in [0.5, 0.6) is 0 Å². The van der Waals surface area contributed by atoms with Gasteiger partial charge in [-0.2, -0.15) is 0 Å². The minimum atomic E-state index is -3.12. The summed E-state index contributed by atoms with van der Waals surface area (Å²) in [5, 5.41) is 1.22. The number of para-hydroxylation sites is 1. The van der Waals surface area contributed by atoms with Gasteiger partial charge in [0.2, 0.25) is 10.0 Å². The molecule has 2 aromatic rings. The molecule has 1 heterocycles. The Morgan fingerprint density at radius 2 is 1.95 bits per heavy atom. The van der Waals surface area contributed by atoms with Gasteiger partial charge in [-0.1, -0.05) is 32.0 Å². The van der Waals surface area contributed by atoms with Crippen molar-refractivity contribution >= 4 is 20.9 Å². The van der Waals surface area contributed by atoms with Gasteiger partial charge in [-0.05, 0) is 36.3 Å². The predicted octanol–water partition coefficient (Wildman–Crippen LogP) is 3.00. The first kappa shape index (κ1) is 16.0. The number of benzene rings is 1. The molecule has 0 fully saturated rings. The topological polar surface area (TPSA) is 51.1 Å². The van der Waals surface area contributed by atoms with Gasteiger partial charge in [0.25, 0.3) is 0 Å². The first-order valence-electron chi connectivity index (χ1n) is 7.49. The maximum atomic E-state index is 11.8. The Labute approximate surface area is 127 Å². The van der Waals surface area contributed by atoms with E-state index in [0.29, 0.717) is 18.9 Å². The molecular formula is C16H24N2O2S. The lowest BCUT2D eigenvalue weighted by atomic mass is 10.2. The van der Waals surface area contributed by atoms with E-state index < -0.39 is 10.0 Å². The van der Waals surface area contributed by atoms with Crippen molar-refractivity contribution in [2.45, 2.75) is 33.2 Å². The fourth-order valence-corrected chi connectivity index (χ4v) is 3.66. The summed E-state index contributed by atoms with van der Waals surface area (Å²) < 4.78 is 28.4. The van der Waals surface area contributed by atoms with Gasteiger partial charge >= 0.3 is 0 Å². The van der Waals surface area contributed by atoms with Crippen molar-refractivity contribution in [1.29, 1.82) is 0 Å². The fourth-order valence-electron chi connectivity index (χ4n) is 2.28. The van der Waals surface area contributed by atoms with E-state index >= 15 is 0 Å². The lowest BCUT2D eigenvalue weighted by Gasteiger charge is -2.09. The maximum absolute atomic E-state index is 11.8. The van der Waals surface area contributed by atoms with Gasteiger partial charge in [-0.25, -0.2) is 13.1 Å². The summed E-state index contributed by atoms with van der Waals surface area (Å²) in [5.41, 5.74) is 1.19. The van der Waals surface area contributed by atoms with Crippen LogP contribution in [-0.2, 0) is 16.6 Å². The van der Waals surface area contributed by atoms with Crippen molar-refractivity contribution < 1.29 is 8.42 Å². The molecule has 0 saturated heterocycles. The minimum Gasteiger partial charge on any atom is -0.347 e. The van der Waals surface area contributed by atoms with Crippen molar-refractivity contribution in [2.75, 3.05) is 12.3 Å². The molecule has 5 heteroatoms. The number of fused-ring (bicyclic) bond motifs is 1. The molecule has 0 aliphatic heterocycles. The molecule has 0 bridgehead atoms. The summed E-state index contributed by atoms with van der Waals surface area (Å²) in [6, 6.07) is 10.3. The van der Waals surface area contributed by atoms with E-state index in [-0.39, 0.29) is 5.75 Å². The van der Waals surface area contributed by atoms with Gasteiger partial charge in [-0.15, -0.1) is 0 Å². The van der Waals surface area contributed by atoms with Crippen LogP contribution in [-0.4, -0.2) is 25.3 Å². The highest BCUT2D eigenvalue weighted by Gasteiger charge is 2.10. The van der Waals surface area contributed by atoms with E-state index in [9.17, 15) is 8.42 Å². The molecule has 0 saturated carbocycles. The monoisotopic (exact) mass is 308 g/mol. The van der Waals surface area contributed by atoms with Crippen molar-refractivity contribution in [2.24, 2.45) is 5.92 Å². The molecule has 2 rings (SSSR count). The van der Waals surface area contributed by atoms with Crippen molar-refractivity contribution in [1.82, 2.24) is 9.29 Å². The van der Waals surface area contributed by atoms with E-state index in [1.54, 1.807) is 0 Å². The van der Waals surface area contributed by atoms with Crippen molar-refractivity contribution in [3.8, 4) is 0 Å². The van der Waals surface area contributed by atoms with Crippen molar-refractivity contribution in [3.05, 3.63) is 36.5 Å². The van der Waals surface area contributed by atoms with Crippen LogP contribution < -0.4 is 4.72 Å². The second kappa shape index (κ2) is 7.09. The molecule has 0 aliphatic rings. The SMILES string of the molecule is CC(C)CCS(=O)(=O)NCCCn1ccc2ccccc21. The molecule has 1 aromatic heterocycles. The predicted molar refractivity (Wildman–Crippen MR) is 87.8 cm³/mol. The first-order chi connectivity index (χ1) is 9.98. The smallest absolute Gasteiger partial charge is 0.211 e. The number of nitrogens with one attached hydrogen (secondary N) is 1. The number of sulfonamides is 1. The molecule has 1 aromatic carbocycles. The molecule has 1 N–H and O–H groups in total. The summed E-state index contributed by atoms with van der Waals surface area (Å²) in [6.45, 7) is 5.38. The summed E-state index contributed by atoms with van der Waals surface area (Å²) in [5.74, 6) is 0.629. The van der Waals surface area contributed by atoms with Crippen LogP contribution in [0.4, 0.5) is 0 Å². The van der Waals surface area contributed by atoms with E-state index in [0.717, 1.165) is 13.0 Å². The van der Waals surface area contributed by atoms with Crippen LogP contribution in [0, 0.1) is 5.92 Å². The van der Waals surface area contributed by atoms with Crippen LogP contribution in [0.1, 0.15) is 26.7 Å². The van der Waals surface area contributed by atoms with Crippen LogP contribution in [0.3, 0.4) is 0 Å². The number of hydrogen-bond donors (Lipinski definition) is 1. The van der Waals surface area contributed by atoms with E-state index in [2.05, 4.69) is 33.7 Å². The molecule has 21 heavy (non-hydrogen) atoms. The summed E-state index contributed by atoms with van der Waals surface area (Å²) >= 11 is 0. The van der Waals surface area contributed by atoms with Crippen LogP contribution in [0.25, 0.3) is 10.9 Å².